The maximum absolute atomic E-state index is 10.4. The van der Waals surface area contributed by atoms with Crippen LogP contribution in [0.25, 0.3) is 0 Å². The molecule has 0 heterocycles. The number of rotatable bonds is 1. The Kier molecular flexibility index (Phi) is 5.47. The summed E-state index contributed by atoms with van der Waals surface area (Å²) < 4.78 is 31.1. The minimum Gasteiger partial charge on any atom is -0.744 e. The summed E-state index contributed by atoms with van der Waals surface area (Å²) in [6, 6.07) is 5.44. The fourth-order valence-corrected chi connectivity index (χ4v) is 1.13. The second kappa shape index (κ2) is 4.90. The fraction of sp³-hybridized carbons (Fsp3) is 0. The molecule has 0 unspecified atom stereocenters. The molecule has 1 rings (SSSR count). The predicted octanol–water partition coefficient (Wildman–Crippen LogP) is -2.19. The van der Waals surface area contributed by atoms with Gasteiger partial charge < -0.3 is 21.2 Å². The first kappa shape index (κ1) is 14.5. The van der Waals surface area contributed by atoms with E-state index < -0.39 is 10.1 Å². The van der Waals surface area contributed by atoms with Crippen molar-refractivity contribution in [1.29, 1.82) is 0 Å². The summed E-state index contributed by atoms with van der Waals surface area (Å²) in [4.78, 5) is -0.218. The van der Waals surface area contributed by atoms with Gasteiger partial charge in [-0.05, 0) is 12.1 Å². The first-order valence-electron chi connectivity index (χ1n) is 2.88. The molecular weight excluding hydrogens is 198 g/mol. The van der Waals surface area contributed by atoms with Gasteiger partial charge in [-0.15, -0.1) is 0 Å². The minimum absolute atomic E-state index is 0. The lowest BCUT2D eigenvalue weighted by Crippen LogP contribution is -2.39. The van der Waals surface area contributed by atoms with Crippen molar-refractivity contribution in [1.82, 2.24) is 0 Å². The summed E-state index contributed by atoms with van der Waals surface area (Å²) in [5.41, 5.74) is 4.23. The molecule has 0 bridgehead atoms. The van der Waals surface area contributed by atoms with E-state index >= 15 is 0 Å². The van der Waals surface area contributed by atoms with E-state index in [0.29, 0.717) is 5.69 Å². The average molecular weight is 209 g/mol. The fourth-order valence-electron chi connectivity index (χ4n) is 0.656. The molecule has 0 radical (unpaired) electrons. The number of hydrogen-bond acceptors (Lipinski definition) is 3. The van der Waals surface area contributed by atoms with Crippen molar-refractivity contribution in [2.24, 2.45) is 0 Å². The summed E-state index contributed by atoms with van der Waals surface area (Å²) in [5.74, 6) is 0. The maximum Gasteiger partial charge on any atom is 0.127 e. The minimum atomic E-state index is -4.30. The lowest BCUT2D eigenvalue weighted by atomic mass is 10.3. The predicted molar refractivity (Wildman–Crippen MR) is 44.2 cm³/mol. The molecule has 0 fully saturated rings. The largest absolute Gasteiger partial charge is 0.744 e. The van der Waals surface area contributed by atoms with Crippen LogP contribution in [0.1, 0.15) is 0 Å². The molecule has 0 atom stereocenters. The number of quaternary nitrogens is 1. The molecule has 0 spiro atoms. The molecule has 0 saturated heterocycles. The maximum atomic E-state index is 10.4. The lowest BCUT2D eigenvalue weighted by Gasteiger charge is -2.04. The van der Waals surface area contributed by atoms with Gasteiger partial charge >= 0.3 is 0 Å². The van der Waals surface area contributed by atoms with Gasteiger partial charge in [0.25, 0.3) is 0 Å². The van der Waals surface area contributed by atoms with Crippen LogP contribution >= 0.6 is 0 Å². The standard InChI is InChI=1S/C6H7NO3S.2H2O/c7-5-1-3-6(4-2-5)11(8,9)10;;/h1-4H,7H2,(H,8,9,10);2*1H2. The Morgan fingerprint density at radius 2 is 1.46 bits per heavy atom. The van der Waals surface area contributed by atoms with Crippen molar-refractivity contribution >= 4 is 15.8 Å². The summed E-state index contributed by atoms with van der Waals surface area (Å²) in [6.45, 7) is 0. The first-order valence-corrected chi connectivity index (χ1v) is 4.29. The normalized spacial score (nSPS) is 9.69. The van der Waals surface area contributed by atoms with Gasteiger partial charge in [-0.3, -0.25) is 0 Å². The molecule has 13 heavy (non-hydrogen) atoms. The zero-order chi connectivity index (χ0) is 8.48. The van der Waals surface area contributed by atoms with Crippen LogP contribution in [0.15, 0.2) is 29.2 Å². The Balaban J connectivity index is 0. The van der Waals surface area contributed by atoms with Crippen LogP contribution in [-0.2, 0) is 10.1 Å². The van der Waals surface area contributed by atoms with Crippen molar-refractivity contribution in [2.75, 3.05) is 0 Å². The van der Waals surface area contributed by atoms with Crippen molar-refractivity contribution in [2.45, 2.75) is 4.90 Å². The summed E-state index contributed by atoms with van der Waals surface area (Å²) >= 11 is 0. The van der Waals surface area contributed by atoms with E-state index in [0.717, 1.165) is 0 Å². The molecule has 1 aromatic carbocycles. The van der Waals surface area contributed by atoms with Gasteiger partial charge in [0, 0.05) is 12.1 Å². The quantitative estimate of drug-likeness (QED) is 0.523. The van der Waals surface area contributed by atoms with Crippen LogP contribution in [0.4, 0.5) is 5.69 Å². The molecule has 0 aliphatic rings. The second-order valence-electron chi connectivity index (χ2n) is 2.10. The van der Waals surface area contributed by atoms with Crippen LogP contribution in [0.2, 0.25) is 0 Å². The highest BCUT2D eigenvalue weighted by atomic mass is 32.2. The Bertz CT molecular complexity index is 344. The molecule has 7 N–H and O–H groups in total. The van der Waals surface area contributed by atoms with Crippen LogP contribution in [0.3, 0.4) is 0 Å². The van der Waals surface area contributed by atoms with E-state index in [1.54, 1.807) is 0 Å². The van der Waals surface area contributed by atoms with Gasteiger partial charge in [-0.2, -0.15) is 0 Å². The summed E-state index contributed by atoms with van der Waals surface area (Å²) in [5, 5.41) is 0. The zero-order valence-electron chi connectivity index (χ0n) is 6.65. The van der Waals surface area contributed by atoms with Crippen LogP contribution in [0.5, 0.6) is 0 Å². The molecule has 0 aromatic heterocycles. The van der Waals surface area contributed by atoms with Crippen molar-refractivity contribution in [3.8, 4) is 0 Å². The molecule has 76 valence electrons. The van der Waals surface area contributed by atoms with E-state index in [2.05, 4.69) is 5.73 Å². The SMILES string of the molecule is O.O.[NH3+]c1ccc(S(=O)(=O)[O-])cc1. The average Bonchev–Trinajstić information content (AvgIpc) is 1.86. The Morgan fingerprint density at radius 3 is 1.77 bits per heavy atom. The summed E-state index contributed by atoms with van der Waals surface area (Å²) in [7, 11) is -4.30. The third-order valence-corrected chi connectivity index (χ3v) is 2.06. The smallest absolute Gasteiger partial charge is 0.127 e. The monoisotopic (exact) mass is 209 g/mol. The molecular formula is C6H11NO5S. The Labute approximate surface area is 75.4 Å². The highest BCUT2D eigenvalue weighted by Gasteiger charge is 1.99. The highest BCUT2D eigenvalue weighted by molar-refractivity contribution is 7.85. The van der Waals surface area contributed by atoms with E-state index in [1.165, 1.54) is 24.3 Å². The summed E-state index contributed by atoms with van der Waals surface area (Å²) in [6.07, 6.45) is 0. The molecule has 0 aliphatic carbocycles. The van der Waals surface area contributed by atoms with Gasteiger partial charge in [-0.25, -0.2) is 8.42 Å². The van der Waals surface area contributed by atoms with Crippen LogP contribution in [-0.4, -0.2) is 23.9 Å². The Hall–Kier alpha value is -0.990. The molecule has 6 nitrogen and oxygen atoms in total. The van der Waals surface area contributed by atoms with Gasteiger partial charge in [0.15, 0.2) is 0 Å². The topological polar surface area (TPSA) is 148 Å². The molecule has 0 saturated carbocycles. The van der Waals surface area contributed by atoms with Crippen molar-refractivity contribution in [3.63, 3.8) is 0 Å². The van der Waals surface area contributed by atoms with E-state index in [1.807, 2.05) is 0 Å². The van der Waals surface area contributed by atoms with Gasteiger partial charge in [0.2, 0.25) is 0 Å². The second-order valence-corrected chi connectivity index (χ2v) is 3.48. The van der Waals surface area contributed by atoms with Crippen LogP contribution < -0.4 is 5.73 Å². The highest BCUT2D eigenvalue weighted by Crippen LogP contribution is 2.09. The van der Waals surface area contributed by atoms with Gasteiger partial charge in [0.05, 0.1) is 4.90 Å². The molecule has 7 heteroatoms. The molecule has 0 amide bonds. The van der Waals surface area contributed by atoms with Gasteiger partial charge in [-0.1, -0.05) is 0 Å². The van der Waals surface area contributed by atoms with Crippen LogP contribution in [0, 0.1) is 0 Å². The van der Waals surface area contributed by atoms with Gasteiger partial charge in [0.1, 0.15) is 15.8 Å². The van der Waals surface area contributed by atoms with E-state index in [-0.39, 0.29) is 15.8 Å². The van der Waals surface area contributed by atoms with Crippen molar-refractivity contribution < 1.29 is 29.7 Å². The third-order valence-electron chi connectivity index (χ3n) is 1.21. The number of hydrogen-bond donors (Lipinski definition) is 1. The van der Waals surface area contributed by atoms with E-state index in [9.17, 15) is 13.0 Å². The third kappa shape index (κ3) is 3.97. The zero-order valence-corrected chi connectivity index (χ0v) is 7.47. The first-order chi connectivity index (χ1) is 5.00. The lowest BCUT2D eigenvalue weighted by molar-refractivity contribution is -0.254. The Morgan fingerprint density at radius 1 is 1.08 bits per heavy atom. The number of benzene rings is 1. The van der Waals surface area contributed by atoms with E-state index in [4.69, 9.17) is 0 Å². The molecule has 1 aromatic rings. The van der Waals surface area contributed by atoms with Crippen molar-refractivity contribution in [3.05, 3.63) is 24.3 Å². The molecule has 0 aliphatic heterocycles.